The predicted octanol–water partition coefficient (Wildman–Crippen LogP) is 2.94. The third-order valence-electron chi connectivity index (χ3n) is 1.53. The van der Waals surface area contributed by atoms with E-state index in [9.17, 15) is 4.79 Å². The van der Waals surface area contributed by atoms with Crippen molar-refractivity contribution in [2.45, 2.75) is 0 Å². The van der Waals surface area contributed by atoms with E-state index in [2.05, 4.69) is 15.0 Å². The van der Waals surface area contributed by atoms with Crippen LogP contribution in [0.5, 0.6) is 0 Å². The zero-order chi connectivity index (χ0) is 11.3. The highest BCUT2D eigenvalue weighted by Crippen LogP contribution is 2.30. The molecule has 0 saturated heterocycles. The molecule has 0 fully saturated rings. The number of isocyanates is 1. The third-order valence-corrected chi connectivity index (χ3v) is 2.16. The van der Waals surface area contributed by atoms with Crippen LogP contribution in [-0.2, 0) is 9.63 Å². The molecule has 4 nitrogen and oxygen atoms in total. The quantitative estimate of drug-likeness (QED) is 0.467. The summed E-state index contributed by atoms with van der Waals surface area (Å²) in [5.41, 5.74) is 0.838. The van der Waals surface area contributed by atoms with E-state index in [0.717, 1.165) is 0 Å². The van der Waals surface area contributed by atoms with Gasteiger partial charge in [-0.15, -0.1) is 0 Å². The molecule has 0 saturated carbocycles. The number of hydrogen-bond acceptors (Lipinski definition) is 4. The first kappa shape index (κ1) is 11.7. The first-order valence-electron chi connectivity index (χ1n) is 3.82. The Morgan fingerprint density at radius 3 is 2.73 bits per heavy atom. The van der Waals surface area contributed by atoms with Crippen molar-refractivity contribution in [1.29, 1.82) is 0 Å². The molecule has 0 bridgehead atoms. The maximum Gasteiger partial charge on any atom is 0.240 e. The highest BCUT2D eigenvalue weighted by Gasteiger charge is 2.05. The normalized spacial score (nSPS) is 10.1. The van der Waals surface area contributed by atoms with E-state index in [1.807, 2.05) is 0 Å². The van der Waals surface area contributed by atoms with Gasteiger partial charge in [-0.2, -0.15) is 4.99 Å². The van der Waals surface area contributed by atoms with Crippen molar-refractivity contribution >= 4 is 41.2 Å². The van der Waals surface area contributed by atoms with Crippen LogP contribution in [0.4, 0.5) is 5.69 Å². The number of benzene rings is 1. The summed E-state index contributed by atoms with van der Waals surface area (Å²) in [5, 5.41) is 4.21. The summed E-state index contributed by atoms with van der Waals surface area (Å²) in [7, 11) is 1.41. The first-order valence-corrected chi connectivity index (χ1v) is 4.58. The van der Waals surface area contributed by atoms with E-state index < -0.39 is 0 Å². The molecule has 0 heterocycles. The Kier molecular flexibility index (Phi) is 4.31. The van der Waals surface area contributed by atoms with Gasteiger partial charge < -0.3 is 4.84 Å². The van der Waals surface area contributed by atoms with E-state index >= 15 is 0 Å². The van der Waals surface area contributed by atoms with Crippen LogP contribution >= 0.6 is 23.2 Å². The van der Waals surface area contributed by atoms with E-state index in [1.165, 1.54) is 31.5 Å². The molecule has 0 aromatic heterocycles. The summed E-state index contributed by atoms with van der Waals surface area (Å²) in [6.07, 6.45) is 2.79. The molecule has 0 aliphatic rings. The lowest BCUT2D eigenvalue weighted by atomic mass is 10.2. The standard InChI is InChI=1S/C9H6Cl2N2O2/c1-15-13-4-6-2-9(12-5-14)8(11)3-7(6)10/h2-4H,1H3. The topological polar surface area (TPSA) is 51.0 Å². The summed E-state index contributed by atoms with van der Waals surface area (Å²) in [4.78, 5) is 18.0. The fourth-order valence-electron chi connectivity index (χ4n) is 0.897. The van der Waals surface area contributed by atoms with Gasteiger partial charge >= 0.3 is 0 Å². The Hall–Kier alpha value is -1.35. The summed E-state index contributed by atoms with van der Waals surface area (Å²) in [6.45, 7) is 0. The van der Waals surface area contributed by atoms with Gasteiger partial charge in [0.1, 0.15) is 7.11 Å². The Morgan fingerprint density at radius 1 is 1.40 bits per heavy atom. The molecule has 0 unspecified atom stereocenters. The molecule has 0 radical (unpaired) electrons. The van der Waals surface area contributed by atoms with Crippen molar-refractivity contribution in [2.75, 3.05) is 7.11 Å². The Balaban J connectivity index is 3.22. The van der Waals surface area contributed by atoms with Crippen LogP contribution in [0.25, 0.3) is 0 Å². The Bertz CT molecular complexity index is 440. The van der Waals surface area contributed by atoms with Crippen molar-refractivity contribution in [1.82, 2.24) is 0 Å². The van der Waals surface area contributed by atoms with E-state index in [-0.39, 0.29) is 10.7 Å². The summed E-state index contributed by atoms with van der Waals surface area (Å²) in [6, 6.07) is 2.98. The SMILES string of the molecule is CON=Cc1cc(N=C=O)c(Cl)cc1Cl. The van der Waals surface area contributed by atoms with Gasteiger partial charge in [-0.1, -0.05) is 28.4 Å². The van der Waals surface area contributed by atoms with Crippen LogP contribution in [-0.4, -0.2) is 19.4 Å². The third kappa shape index (κ3) is 3.06. The lowest BCUT2D eigenvalue weighted by Crippen LogP contribution is -1.84. The lowest BCUT2D eigenvalue weighted by molar-refractivity contribution is 0.215. The lowest BCUT2D eigenvalue weighted by Gasteiger charge is -2.01. The van der Waals surface area contributed by atoms with Crippen LogP contribution in [0.15, 0.2) is 22.3 Å². The first-order chi connectivity index (χ1) is 7.19. The molecule has 15 heavy (non-hydrogen) atoms. The molecule has 0 N–H and O–H groups in total. The number of carbonyl (C=O) groups excluding carboxylic acids is 1. The average Bonchev–Trinajstić information content (AvgIpc) is 2.20. The van der Waals surface area contributed by atoms with Gasteiger partial charge in [0.2, 0.25) is 6.08 Å². The Morgan fingerprint density at radius 2 is 2.13 bits per heavy atom. The predicted molar refractivity (Wildman–Crippen MR) is 58.8 cm³/mol. The molecule has 6 heteroatoms. The van der Waals surface area contributed by atoms with E-state index in [4.69, 9.17) is 23.2 Å². The fourth-order valence-corrected chi connectivity index (χ4v) is 1.37. The second-order valence-electron chi connectivity index (χ2n) is 2.45. The van der Waals surface area contributed by atoms with Crippen molar-refractivity contribution in [3.63, 3.8) is 0 Å². The van der Waals surface area contributed by atoms with Crippen LogP contribution < -0.4 is 0 Å². The molecule has 1 rings (SSSR count). The number of oxime groups is 1. The molecular weight excluding hydrogens is 239 g/mol. The second kappa shape index (κ2) is 5.51. The molecule has 1 aromatic carbocycles. The number of rotatable bonds is 3. The zero-order valence-corrected chi connectivity index (χ0v) is 9.21. The van der Waals surface area contributed by atoms with Gasteiger partial charge in [-0.05, 0) is 12.1 Å². The zero-order valence-electron chi connectivity index (χ0n) is 7.70. The number of nitrogens with zero attached hydrogens (tertiary/aromatic N) is 2. The largest absolute Gasteiger partial charge is 0.399 e. The van der Waals surface area contributed by atoms with Gasteiger partial charge in [-0.25, -0.2) is 4.79 Å². The van der Waals surface area contributed by atoms with Gasteiger partial charge in [0, 0.05) is 5.56 Å². The minimum absolute atomic E-state index is 0.276. The smallest absolute Gasteiger partial charge is 0.240 e. The number of halogens is 2. The van der Waals surface area contributed by atoms with Crippen molar-refractivity contribution in [3.05, 3.63) is 27.7 Å². The van der Waals surface area contributed by atoms with Crippen LogP contribution in [0.2, 0.25) is 10.0 Å². The maximum atomic E-state index is 10.1. The molecular formula is C9H6Cl2N2O2. The summed E-state index contributed by atoms with van der Waals surface area (Å²) >= 11 is 11.6. The molecule has 0 atom stereocenters. The highest BCUT2D eigenvalue weighted by atomic mass is 35.5. The Labute approximate surface area is 96.2 Å². The van der Waals surface area contributed by atoms with Gasteiger partial charge in [0.15, 0.2) is 0 Å². The van der Waals surface area contributed by atoms with Crippen molar-refractivity contribution < 1.29 is 9.63 Å². The van der Waals surface area contributed by atoms with Crippen molar-refractivity contribution in [3.8, 4) is 0 Å². The van der Waals surface area contributed by atoms with Gasteiger partial charge in [0.25, 0.3) is 0 Å². The van der Waals surface area contributed by atoms with Crippen molar-refractivity contribution in [2.24, 2.45) is 10.1 Å². The maximum absolute atomic E-state index is 10.1. The summed E-state index contributed by atoms with van der Waals surface area (Å²) < 4.78 is 0. The molecule has 1 aromatic rings. The molecule has 0 amide bonds. The number of aliphatic imine (C=N–C) groups is 1. The van der Waals surface area contributed by atoms with E-state index in [1.54, 1.807) is 0 Å². The molecule has 0 aliphatic heterocycles. The van der Waals surface area contributed by atoms with Gasteiger partial charge in [-0.3, -0.25) is 0 Å². The highest BCUT2D eigenvalue weighted by molar-refractivity contribution is 6.37. The molecule has 78 valence electrons. The van der Waals surface area contributed by atoms with Gasteiger partial charge in [0.05, 0.1) is 21.9 Å². The molecule has 0 aliphatic carbocycles. The molecule has 0 spiro atoms. The fraction of sp³-hybridized carbons (Fsp3) is 0.111. The van der Waals surface area contributed by atoms with Crippen LogP contribution in [0, 0.1) is 0 Å². The number of hydrogen-bond donors (Lipinski definition) is 0. The minimum Gasteiger partial charge on any atom is -0.399 e. The second-order valence-corrected chi connectivity index (χ2v) is 3.26. The minimum atomic E-state index is 0.276. The average molecular weight is 245 g/mol. The summed E-state index contributed by atoms with van der Waals surface area (Å²) in [5.74, 6) is 0. The monoisotopic (exact) mass is 244 g/mol. The van der Waals surface area contributed by atoms with Crippen LogP contribution in [0.1, 0.15) is 5.56 Å². The van der Waals surface area contributed by atoms with Crippen LogP contribution in [0.3, 0.4) is 0 Å². The van der Waals surface area contributed by atoms with E-state index in [0.29, 0.717) is 10.6 Å².